The lowest BCUT2D eigenvalue weighted by molar-refractivity contribution is -0.541. The van der Waals surface area contributed by atoms with E-state index in [0.29, 0.717) is 17.9 Å². The number of esters is 1. The van der Waals surface area contributed by atoms with Crippen molar-refractivity contribution in [1.29, 1.82) is 0 Å². The summed E-state index contributed by atoms with van der Waals surface area (Å²) in [6, 6.07) is 0. The molecule has 0 aromatic heterocycles. The van der Waals surface area contributed by atoms with Crippen LogP contribution in [-0.2, 0) is 28.8 Å². The van der Waals surface area contributed by atoms with Gasteiger partial charge in [-0.15, -0.1) is 0 Å². The molecule has 1 unspecified atom stereocenters. The molecule has 0 radical (unpaired) electrons. The van der Waals surface area contributed by atoms with Gasteiger partial charge in [0.1, 0.15) is 6.61 Å². The highest BCUT2D eigenvalue weighted by molar-refractivity contribution is 9.09. The second kappa shape index (κ2) is 5.64. The van der Waals surface area contributed by atoms with Crippen LogP contribution in [0, 0.1) is 17.8 Å². The van der Waals surface area contributed by atoms with E-state index < -0.39 is 23.3 Å². The summed E-state index contributed by atoms with van der Waals surface area (Å²) in [5, 5.41) is 0.599. The molecule has 0 aromatic rings. The van der Waals surface area contributed by atoms with Gasteiger partial charge in [-0.2, -0.15) is 0 Å². The van der Waals surface area contributed by atoms with Gasteiger partial charge in [0.15, 0.2) is 17.5 Å². The highest BCUT2D eigenvalue weighted by Gasteiger charge is 2.76. The molecule has 5 rings (SSSR count). The van der Waals surface area contributed by atoms with E-state index in [4.69, 9.17) is 24.0 Å². The maximum absolute atomic E-state index is 12.8. The zero-order valence-electron chi connectivity index (χ0n) is 14.4. The van der Waals surface area contributed by atoms with Crippen LogP contribution in [0.2, 0.25) is 0 Å². The van der Waals surface area contributed by atoms with Gasteiger partial charge in [-0.25, -0.2) is 14.6 Å². The molecule has 1 saturated carbocycles. The van der Waals surface area contributed by atoms with Crippen LogP contribution in [0.1, 0.15) is 46.5 Å². The van der Waals surface area contributed by atoms with Gasteiger partial charge in [0.05, 0.1) is 0 Å². The van der Waals surface area contributed by atoms with Crippen LogP contribution in [0.4, 0.5) is 0 Å². The molecule has 0 aromatic carbocycles. The van der Waals surface area contributed by atoms with Crippen LogP contribution in [0.25, 0.3) is 0 Å². The molecule has 4 aliphatic heterocycles. The molecule has 5 aliphatic rings. The Morgan fingerprint density at radius 2 is 2.00 bits per heavy atom. The van der Waals surface area contributed by atoms with E-state index in [9.17, 15) is 4.79 Å². The summed E-state index contributed by atoms with van der Waals surface area (Å²) in [7, 11) is 0. The lowest BCUT2D eigenvalue weighted by atomic mass is 9.60. The van der Waals surface area contributed by atoms with Crippen molar-refractivity contribution in [2.75, 3.05) is 11.9 Å². The van der Waals surface area contributed by atoms with Crippen LogP contribution in [0.15, 0.2) is 0 Å². The first kappa shape index (κ1) is 17.2. The Hall–Kier alpha value is -0.210. The smallest absolute Gasteiger partial charge is 0.338 e. The quantitative estimate of drug-likeness (QED) is 0.409. The molecule has 2 bridgehead atoms. The number of hydrogen-bond donors (Lipinski definition) is 0. The molecule has 136 valence electrons. The normalized spacial score (nSPS) is 52.7. The van der Waals surface area contributed by atoms with Crippen molar-refractivity contribution >= 4 is 21.9 Å². The second-order valence-electron chi connectivity index (χ2n) is 7.91. The third kappa shape index (κ3) is 2.18. The average Bonchev–Trinajstić information content (AvgIpc) is 2.64. The lowest BCUT2D eigenvalue weighted by Crippen LogP contribution is -2.62. The summed E-state index contributed by atoms with van der Waals surface area (Å²) in [5.41, 5.74) is -1.80. The first-order valence-electron chi connectivity index (χ1n) is 8.81. The first-order valence-corrected chi connectivity index (χ1v) is 9.93. The number of alkyl halides is 1. The maximum atomic E-state index is 12.8. The van der Waals surface area contributed by atoms with Gasteiger partial charge in [-0.1, -0.05) is 22.9 Å². The van der Waals surface area contributed by atoms with E-state index in [1.54, 1.807) is 0 Å². The van der Waals surface area contributed by atoms with Crippen molar-refractivity contribution in [3.05, 3.63) is 0 Å². The Morgan fingerprint density at radius 3 is 2.75 bits per heavy atom. The summed E-state index contributed by atoms with van der Waals surface area (Å²) in [5.74, 6) is -0.579. The fraction of sp³-hybridized carbons (Fsp3) is 0.941. The van der Waals surface area contributed by atoms with Crippen molar-refractivity contribution in [2.45, 2.75) is 69.7 Å². The minimum atomic E-state index is -1.07. The van der Waals surface area contributed by atoms with Gasteiger partial charge in [-0.05, 0) is 44.9 Å². The SMILES string of the molecule is C[C@@H]1CCC2[C@]34OO[C@](C)(CC[C@@H]13)O[C@@H]4O[C@]2(C)C(=O)OCCBr. The minimum absolute atomic E-state index is 0.137. The van der Waals surface area contributed by atoms with Gasteiger partial charge in [0.25, 0.3) is 0 Å². The number of carbonyl (C=O) groups is 1. The second-order valence-corrected chi connectivity index (χ2v) is 8.70. The van der Waals surface area contributed by atoms with Crippen LogP contribution in [0.5, 0.6) is 0 Å². The van der Waals surface area contributed by atoms with Crippen molar-refractivity contribution in [3.8, 4) is 0 Å². The largest absolute Gasteiger partial charge is 0.463 e. The monoisotopic (exact) mass is 404 g/mol. The van der Waals surface area contributed by atoms with E-state index >= 15 is 0 Å². The number of ether oxygens (including phenoxy) is 3. The standard InChI is InChI=1S/C17H25BrO6/c1-10-4-5-12-16(3,13(19)20-9-8-18)22-14-17(12)11(10)6-7-15(2,21-14)23-24-17/h10-12,14H,4-9H2,1-3H3/t10-,11+,12?,14-,15-,16+,17-/m1/s1. The van der Waals surface area contributed by atoms with Gasteiger partial charge in [-0.3, -0.25) is 0 Å². The molecule has 0 amide bonds. The van der Waals surface area contributed by atoms with Crippen molar-refractivity contribution < 1.29 is 28.8 Å². The Balaban J connectivity index is 1.74. The summed E-state index contributed by atoms with van der Waals surface area (Å²) < 4.78 is 17.8. The van der Waals surface area contributed by atoms with Gasteiger partial charge >= 0.3 is 5.97 Å². The molecular weight excluding hydrogens is 380 g/mol. The lowest BCUT2D eigenvalue weighted by Gasteiger charge is -2.50. The predicted molar refractivity (Wildman–Crippen MR) is 87.0 cm³/mol. The Labute approximate surface area is 150 Å². The topological polar surface area (TPSA) is 63.2 Å². The molecule has 4 heterocycles. The third-order valence-electron chi connectivity index (χ3n) is 6.45. The number of fused-ring (bicyclic) bond motifs is 2. The summed E-state index contributed by atoms with van der Waals surface area (Å²) in [4.78, 5) is 24.5. The molecule has 6 nitrogen and oxygen atoms in total. The number of hydrogen-bond acceptors (Lipinski definition) is 6. The predicted octanol–water partition coefficient (Wildman–Crippen LogP) is 2.93. The molecule has 0 N–H and O–H groups in total. The van der Waals surface area contributed by atoms with E-state index in [1.807, 2.05) is 13.8 Å². The number of carbonyl (C=O) groups excluding carboxylic acids is 1. The molecule has 7 atom stereocenters. The maximum Gasteiger partial charge on any atom is 0.338 e. The molecule has 4 saturated heterocycles. The van der Waals surface area contributed by atoms with Crippen LogP contribution in [0.3, 0.4) is 0 Å². The van der Waals surface area contributed by atoms with Crippen molar-refractivity contribution in [2.24, 2.45) is 17.8 Å². The summed E-state index contributed by atoms with van der Waals surface area (Å²) in [6.45, 7) is 6.25. The van der Waals surface area contributed by atoms with Gasteiger partial charge in [0, 0.05) is 17.7 Å². The molecule has 5 fully saturated rings. The van der Waals surface area contributed by atoms with E-state index in [2.05, 4.69) is 22.9 Å². The Bertz CT molecular complexity index is 543. The van der Waals surface area contributed by atoms with Gasteiger partial charge < -0.3 is 14.2 Å². The molecule has 7 heteroatoms. The van der Waals surface area contributed by atoms with E-state index in [0.717, 1.165) is 25.7 Å². The van der Waals surface area contributed by atoms with Crippen molar-refractivity contribution in [1.82, 2.24) is 0 Å². The summed E-state index contributed by atoms with van der Waals surface area (Å²) >= 11 is 3.29. The zero-order valence-corrected chi connectivity index (χ0v) is 16.0. The number of halogens is 1. The van der Waals surface area contributed by atoms with Crippen molar-refractivity contribution in [3.63, 3.8) is 0 Å². The minimum Gasteiger partial charge on any atom is -0.463 e. The molecular formula is C17H25BrO6. The highest BCUT2D eigenvalue weighted by atomic mass is 79.9. The molecule has 1 spiro atoms. The fourth-order valence-corrected chi connectivity index (χ4v) is 5.34. The Kier molecular flexibility index (Phi) is 4.05. The van der Waals surface area contributed by atoms with Crippen LogP contribution >= 0.6 is 15.9 Å². The fourth-order valence-electron chi connectivity index (χ4n) is 5.18. The number of rotatable bonds is 3. The van der Waals surface area contributed by atoms with E-state index in [1.165, 1.54) is 0 Å². The molecule has 24 heavy (non-hydrogen) atoms. The zero-order chi connectivity index (χ0) is 17.2. The highest BCUT2D eigenvalue weighted by Crippen LogP contribution is 2.63. The Morgan fingerprint density at radius 1 is 1.21 bits per heavy atom. The third-order valence-corrected chi connectivity index (χ3v) is 6.77. The average molecular weight is 405 g/mol. The first-order chi connectivity index (χ1) is 11.4. The van der Waals surface area contributed by atoms with E-state index in [-0.39, 0.29) is 17.8 Å². The van der Waals surface area contributed by atoms with Crippen LogP contribution < -0.4 is 0 Å². The molecule has 1 aliphatic carbocycles. The van der Waals surface area contributed by atoms with Crippen LogP contribution in [-0.4, -0.2) is 41.2 Å². The summed E-state index contributed by atoms with van der Waals surface area (Å²) in [6.07, 6.45) is 2.98. The van der Waals surface area contributed by atoms with Gasteiger partial charge in [0.2, 0.25) is 5.79 Å².